The third kappa shape index (κ3) is 8.49. The topological polar surface area (TPSA) is 65.6 Å². The Morgan fingerprint density at radius 3 is 1.30 bits per heavy atom. The summed E-state index contributed by atoms with van der Waals surface area (Å²) in [6, 6.07) is 0. The standard InChI is InChI=1S/C22H42N4O4/c1-17-11-25(12-18(2)29-17)21(27)15-23(5)9-7-8-10-24(6)16-22(28)26-13-19(3)30-20(4)14-26/h17-20H,7-16H2,1-6H3. The van der Waals surface area contributed by atoms with Gasteiger partial charge in [-0.05, 0) is 67.7 Å². The van der Waals surface area contributed by atoms with Gasteiger partial charge in [-0.25, -0.2) is 0 Å². The summed E-state index contributed by atoms with van der Waals surface area (Å²) in [6.07, 6.45) is 2.42. The van der Waals surface area contributed by atoms with E-state index in [1.807, 2.05) is 51.6 Å². The molecule has 0 bridgehead atoms. The van der Waals surface area contributed by atoms with Gasteiger partial charge < -0.3 is 19.3 Å². The quantitative estimate of drug-likeness (QED) is 0.511. The van der Waals surface area contributed by atoms with Gasteiger partial charge in [0, 0.05) is 26.2 Å². The lowest BCUT2D eigenvalue weighted by molar-refractivity contribution is -0.144. The molecule has 0 aromatic carbocycles. The van der Waals surface area contributed by atoms with Crippen molar-refractivity contribution in [3.63, 3.8) is 0 Å². The summed E-state index contributed by atoms with van der Waals surface area (Å²) in [5.74, 6) is 0.354. The summed E-state index contributed by atoms with van der Waals surface area (Å²) in [5.41, 5.74) is 0. The summed E-state index contributed by atoms with van der Waals surface area (Å²) >= 11 is 0. The molecule has 4 atom stereocenters. The van der Waals surface area contributed by atoms with E-state index in [1.54, 1.807) is 0 Å². The second kappa shape index (κ2) is 12.0. The summed E-state index contributed by atoms with van der Waals surface area (Å²) in [5, 5.41) is 0. The molecule has 2 rings (SSSR count). The maximum Gasteiger partial charge on any atom is 0.236 e. The van der Waals surface area contributed by atoms with Crippen molar-refractivity contribution in [2.24, 2.45) is 0 Å². The van der Waals surface area contributed by atoms with E-state index >= 15 is 0 Å². The Morgan fingerprint density at radius 2 is 1.00 bits per heavy atom. The zero-order valence-corrected chi connectivity index (χ0v) is 19.8. The van der Waals surface area contributed by atoms with Gasteiger partial charge in [-0.3, -0.25) is 19.4 Å². The van der Waals surface area contributed by atoms with Crippen molar-refractivity contribution in [1.82, 2.24) is 19.6 Å². The van der Waals surface area contributed by atoms with Crippen molar-refractivity contribution >= 4 is 11.8 Å². The first-order valence-electron chi connectivity index (χ1n) is 11.4. The van der Waals surface area contributed by atoms with Crippen molar-refractivity contribution in [3.8, 4) is 0 Å². The molecule has 2 aliphatic heterocycles. The maximum atomic E-state index is 12.5. The molecule has 0 N–H and O–H groups in total. The van der Waals surface area contributed by atoms with Crippen molar-refractivity contribution in [2.45, 2.75) is 65.0 Å². The van der Waals surface area contributed by atoms with Crippen LogP contribution in [0, 0.1) is 0 Å². The minimum atomic E-state index is 0.102. The van der Waals surface area contributed by atoms with Crippen LogP contribution in [0.25, 0.3) is 0 Å². The van der Waals surface area contributed by atoms with Crippen LogP contribution in [0.15, 0.2) is 0 Å². The highest BCUT2D eigenvalue weighted by Crippen LogP contribution is 2.12. The molecule has 0 radical (unpaired) electrons. The molecule has 0 spiro atoms. The fourth-order valence-corrected chi connectivity index (χ4v) is 4.35. The summed E-state index contributed by atoms with van der Waals surface area (Å²) < 4.78 is 11.4. The number of carbonyl (C=O) groups is 2. The predicted octanol–water partition coefficient (Wildman–Crippen LogP) is 0.902. The Bertz CT molecular complexity index is 493. The molecule has 174 valence electrons. The van der Waals surface area contributed by atoms with Crippen molar-refractivity contribution in [2.75, 3.05) is 66.5 Å². The molecular weight excluding hydrogens is 384 g/mol. The smallest absolute Gasteiger partial charge is 0.236 e. The molecule has 2 fully saturated rings. The molecule has 4 unspecified atom stereocenters. The van der Waals surface area contributed by atoms with E-state index in [1.165, 1.54) is 0 Å². The molecule has 0 aromatic rings. The van der Waals surface area contributed by atoms with Gasteiger partial charge in [0.1, 0.15) is 0 Å². The van der Waals surface area contributed by atoms with E-state index in [4.69, 9.17) is 9.47 Å². The summed E-state index contributed by atoms with van der Waals surface area (Å²) in [6.45, 7) is 13.4. The van der Waals surface area contributed by atoms with E-state index in [2.05, 4.69) is 9.80 Å². The van der Waals surface area contributed by atoms with Gasteiger partial charge in [0.25, 0.3) is 0 Å². The third-order valence-electron chi connectivity index (χ3n) is 5.68. The average Bonchev–Trinajstić information content (AvgIpc) is 2.63. The lowest BCUT2D eigenvalue weighted by atomic mass is 10.2. The summed E-state index contributed by atoms with van der Waals surface area (Å²) in [7, 11) is 4.00. The first kappa shape index (κ1) is 25.0. The van der Waals surface area contributed by atoms with E-state index in [9.17, 15) is 9.59 Å². The number of nitrogens with zero attached hydrogens (tertiary/aromatic N) is 4. The second-order valence-corrected chi connectivity index (χ2v) is 9.29. The molecule has 0 saturated carbocycles. The third-order valence-corrected chi connectivity index (χ3v) is 5.68. The molecule has 30 heavy (non-hydrogen) atoms. The number of morpholine rings is 2. The van der Waals surface area contributed by atoms with E-state index in [0.717, 1.165) is 25.9 Å². The molecular formula is C22H42N4O4. The average molecular weight is 427 g/mol. The van der Waals surface area contributed by atoms with Gasteiger partial charge in [-0.15, -0.1) is 0 Å². The van der Waals surface area contributed by atoms with Gasteiger partial charge in [-0.2, -0.15) is 0 Å². The zero-order chi connectivity index (χ0) is 22.3. The maximum absolute atomic E-state index is 12.5. The van der Waals surface area contributed by atoms with Crippen LogP contribution in [0.1, 0.15) is 40.5 Å². The van der Waals surface area contributed by atoms with Crippen LogP contribution < -0.4 is 0 Å². The highest BCUT2D eigenvalue weighted by molar-refractivity contribution is 5.78. The van der Waals surface area contributed by atoms with Crippen LogP contribution in [0.3, 0.4) is 0 Å². The zero-order valence-electron chi connectivity index (χ0n) is 19.8. The van der Waals surface area contributed by atoms with Crippen LogP contribution in [0.4, 0.5) is 0 Å². The van der Waals surface area contributed by atoms with E-state index in [0.29, 0.717) is 39.3 Å². The fraction of sp³-hybridized carbons (Fsp3) is 0.909. The van der Waals surface area contributed by atoms with Gasteiger partial charge in [0.15, 0.2) is 0 Å². The number of hydrogen-bond donors (Lipinski definition) is 0. The monoisotopic (exact) mass is 426 g/mol. The van der Waals surface area contributed by atoms with Gasteiger partial charge in [0.05, 0.1) is 37.5 Å². The number of likely N-dealkylation sites (N-methyl/N-ethyl adjacent to an activating group) is 2. The lowest BCUT2D eigenvalue weighted by Crippen LogP contribution is -2.51. The van der Waals surface area contributed by atoms with Crippen LogP contribution in [-0.4, -0.2) is 122 Å². The van der Waals surface area contributed by atoms with Crippen LogP contribution in [0.5, 0.6) is 0 Å². The summed E-state index contributed by atoms with van der Waals surface area (Å²) in [4.78, 5) is 33.1. The number of ether oxygens (including phenoxy) is 2. The van der Waals surface area contributed by atoms with Crippen LogP contribution in [0.2, 0.25) is 0 Å². The number of carbonyl (C=O) groups excluding carboxylic acids is 2. The van der Waals surface area contributed by atoms with E-state index in [-0.39, 0.29) is 36.2 Å². The Labute approximate surface area is 182 Å². The normalized spacial score (nSPS) is 27.7. The SMILES string of the molecule is CC1CN(C(=O)CN(C)CCCCN(C)CC(=O)N2CC(C)OC(C)C2)CC(C)O1. The number of amides is 2. The first-order chi connectivity index (χ1) is 14.1. The number of rotatable bonds is 9. The Kier molecular flexibility index (Phi) is 10.0. The van der Waals surface area contributed by atoms with Crippen LogP contribution in [-0.2, 0) is 19.1 Å². The Hall–Kier alpha value is -1.22. The second-order valence-electron chi connectivity index (χ2n) is 9.29. The minimum Gasteiger partial charge on any atom is -0.372 e. The van der Waals surface area contributed by atoms with Gasteiger partial charge in [-0.1, -0.05) is 0 Å². The number of hydrogen-bond acceptors (Lipinski definition) is 6. The minimum absolute atomic E-state index is 0.102. The van der Waals surface area contributed by atoms with E-state index < -0.39 is 0 Å². The van der Waals surface area contributed by atoms with Crippen molar-refractivity contribution in [1.29, 1.82) is 0 Å². The highest BCUT2D eigenvalue weighted by atomic mass is 16.5. The fourth-order valence-electron chi connectivity index (χ4n) is 4.35. The molecule has 0 aromatic heterocycles. The lowest BCUT2D eigenvalue weighted by Gasteiger charge is -2.36. The van der Waals surface area contributed by atoms with Crippen LogP contribution >= 0.6 is 0 Å². The molecule has 2 amide bonds. The largest absolute Gasteiger partial charge is 0.372 e. The number of unbranched alkanes of at least 4 members (excludes halogenated alkanes) is 1. The Balaban J connectivity index is 1.59. The molecule has 2 saturated heterocycles. The molecule has 8 heteroatoms. The van der Waals surface area contributed by atoms with Gasteiger partial charge in [0.2, 0.25) is 11.8 Å². The van der Waals surface area contributed by atoms with Gasteiger partial charge >= 0.3 is 0 Å². The molecule has 0 aliphatic carbocycles. The Morgan fingerprint density at radius 1 is 0.700 bits per heavy atom. The molecule has 8 nitrogen and oxygen atoms in total. The predicted molar refractivity (Wildman–Crippen MR) is 117 cm³/mol. The molecule has 2 heterocycles. The first-order valence-corrected chi connectivity index (χ1v) is 11.4. The molecule has 2 aliphatic rings. The highest BCUT2D eigenvalue weighted by Gasteiger charge is 2.27. The van der Waals surface area contributed by atoms with Crippen molar-refractivity contribution in [3.05, 3.63) is 0 Å². The van der Waals surface area contributed by atoms with Crippen molar-refractivity contribution < 1.29 is 19.1 Å².